The van der Waals surface area contributed by atoms with Crippen molar-refractivity contribution >= 4 is 15.7 Å². The second kappa shape index (κ2) is 5.02. The van der Waals surface area contributed by atoms with E-state index in [-0.39, 0.29) is 17.5 Å². The molecule has 0 atom stereocenters. The van der Waals surface area contributed by atoms with Crippen LogP contribution in [0.1, 0.15) is 11.3 Å². The molecule has 7 heteroatoms. The van der Waals surface area contributed by atoms with E-state index in [2.05, 4.69) is 5.32 Å². The number of halogens is 1. The van der Waals surface area contributed by atoms with Gasteiger partial charge in [-0.3, -0.25) is 0 Å². The number of nitrogens with one attached hydrogen (secondary N) is 1. The molecule has 0 saturated carbocycles. The van der Waals surface area contributed by atoms with Crippen LogP contribution in [0.25, 0.3) is 0 Å². The highest BCUT2D eigenvalue weighted by molar-refractivity contribution is 7.89. The maximum Gasteiger partial charge on any atom is 0.271 e. The van der Waals surface area contributed by atoms with Gasteiger partial charge >= 0.3 is 0 Å². The lowest BCUT2D eigenvalue weighted by Crippen LogP contribution is -2.10. The predicted molar refractivity (Wildman–Crippen MR) is 68.5 cm³/mol. The first kappa shape index (κ1) is 13.6. The van der Waals surface area contributed by atoms with Crippen LogP contribution in [0.15, 0.2) is 39.8 Å². The van der Waals surface area contributed by atoms with Crippen molar-refractivity contribution in [2.75, 3.05) is 5.32 Å². The van der Waals surface area contributed by atoms with E-state index in [1.54, 1.807) is 13.0 Å². The van der Waals surface area contributed by atoms with Gasteiger partial charge in [-0.25, -0.2) is 17.9 Å². The summed E-state index contributed by atoms with van der Waals surface area (Å²) < 4.78 is 40.3. The molecule has 1 aromatic heterocycles. The molecular formula is C12H13FN2O3S. The number of primary sulfonamides is 1. The third-order valence-corrected chi connectivity index (χ3v) is 3.21. The average Bonchev–Trinajstić information content (AvgIpc) is 2.73. The van der Waals surface area contributed by atoms with Gasteiger partial charge in [0.15, 0.2) is 0 Å². The molecule has 2 aromatic rings. The summed E-state index contributed by atoms with van der Waals surface area (Å²) in [6, 6.07) is 7.31. The monoisotopic (exact) mass is 284 g/mol. The van der Waals surface area contributed by atoms with Crippen LogP contribution in [0.5, 0.6) is 0 Å². The van der Waals surface area contributed by atoms with E-state index in [1.807, 2.05) is 0 Å². The Hall–Kier alpha value is -1.86. The maximum atomic E-state index is 13.2. The van der Waals surface area contributed by atoms with E-state index >= 15 is 0 Å². The Morgan fingerprint density at radius 1 is 1.32 bits per heavy atom. The van der Waals surface area contributed by atoms with Crippen LogP contribution in [0.4, 0.5) is 10.1 Å². The molecular weight excluding hydrogens is 271 g/mol. The lowest BCUT2D eigenvalue weighted by atomic mass is 10.2. The maximum absolute atomic E-state index is 13.2. The van der Waals surface area contributed by atoms with Crippen LogP contribution in [-0.2, 0) is 16.6 Å². The fourth-order valence-electron chi connectivity index (χ4n) is 1.63. The van der Waals surface area contributed by atoms with E-state index in [0.717, 1.165) is 5.56 Å². The van der Waals surface area contributed by atoms with E-state index in [4.69, 9.17) is 9.56 Å². The van der Waals surface area contributed by atoms with Crippen molar-refractivity contribution in [2.45, 2.75) is 18.6 Å². The fraction of sp³-hybridized carbons (Fsp3) is 0.167. The molecule has 0 saturated heterocycles. The minimum Gasteiger partial charge on any atom is -0.446 e. The van der Waals surface area contributed by atoms with Crippen molar-refractivity contribution in [1.82, 2.24) is 0 Å². The molecule has 0 spiro atoms. The molecule has 0 aliphatic heterocycles. The van der Waals surface area contributed by atoms with Gasteiger partial charge in [-0.15, -0.1) is 0 Å². The van der Waals surface area contributed by atoms with E-state index in [1.165, 1.54) is 24.3 Å². The van der Waals surface area contributed by atoms with Crippen LogP contribution in [0, 0.1) is 12.7 Å². The number of anilines is 1. The summed E-state index contributed by atoms with van der Waals surface area (Å²) in [7, 11) is -3.83. The van der Waals surface area contributed by atoms with E-state index in [9.17, 15) is 12.8 Å². The number of nitrogens with two attached hydrogens (primary N) is 1. The van der Waals surface area contributed by atoms with E-state index in [0.29, 0.717) is 11.4 Å². The summed E-state index contributed by atoms with van der Waals surface area (Å²) in [6.45, 7) is 2.01. The molecule has 0 fully saturated rings. The molecule has 2 rings (SSSR count). The lowest BCUT2D eigenvalue weighted by Gasteiger charge is -2.05. The van der Waals surface area contributed by atoms with Gasteiger partial charge in [0, 0.05) is 5.69 Å². The number of aryl methyl sites for hydroxylation is 1. The van der Waals surface area contributed by atoms with Crippen molar-refractivity contribution in [1.29, 1.82) is 0 Å². The first-order valence-electron chi connectivity index (χ1n) is 5.47. The van der Waals surface area contributed by atoms with Gasteiger partial charge in [-0.2, -0.15) is 0 Å². The van der Waals surface area contributed by atoms with Crippen LogP contribution in [0.2, 0.25) is 0 Å². The quantitative estimate of drug-likeness (QED) is 0.899. The lowest BCUT2D eigenvalue weighted by molar-refractivity contribution is 0.419. The van der Waals surface area contributed by atoms with Gasteiger partial charge in [-0.05, 0) is 42.8 Å². The summed E-state index contributed by atoms with van der Waals surface area (Å²) in [5.41, 5.74) is 1.37. The Kier molecular flexibility index (Phi) is 3.59. The van der Waals surface area contributed by atoms with Gasteiger partial charge in [0.2, 0.25) is 5.09 Å². The third kappa shape index (κ3) is 3.55. The summed E-state index contributed by atoms with van der Waals surface area (Å²) in [5.74, 6) is 0.0538. The SMILES string of the molecule is Cc1cc(F)cc(NCc2ccc(S(N)(=O)=O)o2)c1. The number of benzene rings is 1. The molecule has 0 bridgehead atoms. The summed E-state index contributed by atoms with van der Waals surface area (Å²) >= 11 is 0. The Morgan fingerprint density at radius 2 is 2.05 bits per heavy atom. The van der Waals surface area contributed by atoms with Crippen LogP contribution in [-0.4, -0.2) is 8.42 Å². The topological polar surface area (TPSA) is 85.3 Å². The average molecular weight is 284 g/mol. The second-order valence-corrected chi connectivity index (χ2v) is 5.63. The summed E-state index contributed by atoms with van der Waals surface area (Å²) in [6.07, 6.45) is 0. The summed E-state index contributed by atoms with van der Waals surface area (Å²) in [5, 5.41) is 7.57. The smallest absolute Gasteiger partial charge is 0.271 e. The second-order valence-electron chi connectivity index (χ2n) is 4.14. The number of furan rings is 1. The Bertz CT molecular complexity index is 675. The van der Waals surface area contributed by atoms with Crippen molar-refractivity contribution in [3.05, 3.63) is 47.5 Å². The minimum absolute atomic E-state index is 0.235. The van der Waals surface area contributed by atoms with Gasteiger partial charge in [0.1, 0.15) is 11.6 Å². The molecule has 5 nitrogen and oxygen atoms in total. The largest absolute Gasteiger partial charge is 0.446 e. The van der Waals surface area contributed by atoms with E-state index < -0.39 is 10.0 Å². The third-order valence-electron chi connectivity index (χ3n) is 2.43. The molecule has 0 radical (unpaired) electrons. The van der Waals surface area contributed by atoms with Gasteiger partial charge in [0.05, 0.1) is 6.54 Å². The Labute approximate surface area is 110 Å². The van der Waals surface area contributed by atoms with Crippen molar-refractivity contribution in [3.63, 3.8) is 0 Å². The molecule has 0 unspecified atom stereocenters. The molecule has 1 aromatic carbocycles. The highest BCUT2D eigenvalue weighted by Gasteiger charge is 2.12. The molecule has 1 heterocycles. The highest BCUT2D eigenvalue weighted by Crippen LogP contribution is 2.16. The molecule has 0 aliphatic carbocycles. The van der Waals surface area contributed by atoms with Gasteiger partial charge < -0.3 is 9.73 Å². The molecule has 0 amide bonds. The zero-order chi connectivity index (χ0) is 14.0. The molecule has 102 valence electrons. The molecule has 0 aliphatic rings. The number of sulfonamides is 1. The first-order valence-corrected chi connectivity index (χ1v) is 7.02. The zero-order valence-corrected chi connectivity index (χ0v) is 11.0. The predicted octanol–water partition coefficient (Wildman–Crippen LogP) is 1.99. The number of rotatable bonds is 4. The first-order chi connectivity index (χ1) is 8.84. The summed E-state index contributed by atoms with van der Waals surface area (Å²) in [4.78, 5) is 0. The van der Waals surface area contributed by atoms with Crippen molar-refractivity contribution < 1.29 is 17.2 Å². The Balaban J connectivity index is 2.08. The van der Waals surface area contributed by atoms with Crippen LogP contribution < -0.4 is 10.5 Å². The number of hydrogen-bond donors (Lipinski definition) is 2. The van der Waals surface area contributed by atoms with Gasteiger partial charge in [-0.1, -0.05) is 0 Å². The molecule has 19 heavy (non-hydrogen) atoms. The van der Waals surface area contributed by atoms with Crippen LogP contribution in [0.3, 0.4) is 0 Å². The van der Waals surface area contributed by atoms with Crippen LogP contribution >= 0.6 is 0 Å². The fourth-order valence-corrected chi connectivity index (χ4v) is 2.11. The van der Waals surface area contributed by atoms with Crippen molar-refractivity contribution in [2.24, 2.45) is 5.14 Å². The Morgan fingerprint density at radius 3 is 2.63 bits per heavy atom. The highest BCUT2D eigenvalue weighted by atomic mass is 32.2. The molecule has 3 N–H and O–H groups in total. The zero-order valence-electron chi connectivity index (χ0n) is 10.2. The van der Waals surface area contributed by atoms with Gasteiger partial charge in [0.25, 0.3) is 10.0 Å². The van der Waals surface area contributed by atoms with Crippen molar-refractivity contribution in [3.8, 4) is 0 Å². The normalized spacial score (nSPS) is 11.5. The standard InChI is InChI=1S/C12H13FN2O3S/c1-8-4-9(13)6-10(5-8)15-7-11-2-3-12(18-11)19(14,16)17/h2-6,15H,7H2,1H3,(H2,14,16,17). The number of hydrogen-bond acceptors (Lipinski definition) is 4. The minimum atomic E-state index is -3.83.